The maximum Gasteiger partial charge on any atom is 0.412 e. The van der Waals surface area contributed by atoms with Gasteiger partial charge in [-0.05, 0) is 32.2 Å². The lowest BCUT2D eigenvalue weighted by Gasteiger charge is -2.19. The van der Waals surface area contributed by atoms with E-state index < -0.39 is 11.7 Å². The van der Waals surface area contributed by atoms with E-state index in [0.717, 1.165) is 15.1 Å². The molecule has 1 heterocycles. The summed E-state index contributed by atoms with van der Waals surface area (Å²) in [6.45, 7) is 5.49. The van der Waals surface area contributed by atoms with E-state index in [4.69, 9.17) is 12.6 Å². The van der Waals surface area contributed by atoms with E-state index in [2.05, 4.69) is 5.32 Å². The number of hydrogen-bond acceptors (Lipinski definition) is 3. The minimum atomic E-state index is -0.495. The molecular formula is C13H14BNO2S. The normalized spacial score (nSPS) is 11.5. The molecule has 1 aromatic carbocycles. The molecule has 0 unspecified atom stereocenters. The first-order valence-corrected chi connectivity index (χ1v) is 6.44. The van der Waals surface area contributed by atoms with Crippen LogP contribution in [0.1, 0.15) is 20.8 Å². The summed E-state index contributed by atoms with van der Waals surface area (Å²) in [5.41, 5.74) is 0.221. The molecule has 0 aliphatic heterocycles. The number of ether oxygens (including phenoxy) is 1. The van der Waals surface area contributed by atoms with E-state index in [1.165, 1.54) is 11.3 Å². The molecule has 5 heteroatoms. The Morgan fingerprint density at radius 2 is 2.06 bits per heavy atom. The highest BCUT2D eigenvalue weighted by Crippen LogP contribution is 2.29. The van der Waals surface area contributed by atoms with Crippen LogP contribution in [0.5, 0.6) is 0 Å². The summed E-state index contributed by atoms with van der Waals surface area (Å²) in [7, 11) is 5.71. The Hall–Kier alpha value is -1.49. The average molecular weight is 259 g/mol. The van der Waals surface area contributed by atoms with Gasteiger partial charge in [-0.3, -0.25) is 5.32 Å². The SMILES string of the molecule is [B]c1ccc2cc(NC(=O)OC(C)(C)C)sc2c1. The van der Waals surface area contributed by atoms with Crippen molar-refractivity contribution >= 4 is 45.8 Å². The van der Waals surface area contributed by atoms with Crippen LogP contribution in [0.25, 0.3) is 10.1 Å². The quantitative estimate of drug-likeness (QED) is 0.799. The topological polar surface area (TPSA) is 38.3 Å². The number of hydrogen-bond donors (Lipinski definition) is 1. The van der Waals surface area contributed by atoms with Crippen LogP contribution in [-0.4, -0.2) is 19.5 Å². The van der Waals surface area contributed by atoms with Crippen LogP contribution in [0.3, 0.4) is 0 Å². The minimum absolute atomic E-state index is 0.443. The van der Waals surface area contributed by atoms with Gasteiger partial charge in [0.15, 0.2) is 0 Å². The van der Waals surface area contributed by atoms with Crippen molar-refractivity contribution in [1.29, 1.82) is 0 Å². The first-order chi connectivity index (χ1) is 8.33. The van der Waals surface area contributed by atoms with Gasteiger partial charge in [0.2, 0.25) is 0 Å². The summed E-state index contributed by atoms with van der Waals surface area (Å²) >= 11 is 1.47. The Morgan fingerprint density at radius 3 is 2.72 bits per heavy atom. The molecule has 92 valence electrons. The zero-order chi connectivity index (χ0) is 13.3. The lowest BCUT2D eigenvalue weighted by molar-refractivity contribution is 0.0636. The maximum atomic E-state index is 11.6. The summed E-state index contributed by atoms with van der Waals surface area (Å²) in [5, 5.41) is 4.53. The van der Waals surface area contributed by atoms with Crippen LogP contribution >= 0.6 is 11.3 Å². The van der Waals surface area contributed by atoms with Crippen molar-refractivity contribution in [2.45, 2.75) is 26.4 Å². The van der Waals surface area contributed by atoms with Crippen LogP contribution in [0.15, 0.2) is 24.3 Å². The van der Waals surface area contributed by atoms with Gasteiger partial charge in [-0.1, -0.05) is 23.7 Å². The molecule has 0 saturated carbocycles. The smallest absolute Gasteiger partial charge is 0.412 e. The molecule has 0 saturated heterocycles. The third-order valence-corrected chi connectivity index (χ3v) is 3.18. The van der Waals surface area contributed by atoms with Crippen LogP contribution in [0.2, 0.25) is 0 Å². The summed E-state index contributed by atoms with van der Waals surface area (Å²) in [6.07, 6.45) is -0.443. The number of carbonyl (C=O) groups is 1. The third-order valence-electron chi connectivity index (χ3n) is 2.17. The fourth-order valence-corrected chi connectivity index (χ4v) is 2.51. The molecule has 0 aliphatic rings. The summed E-state index contributed by atoms with van der Waals surface area (Å²) in [6, 6.07) is 7.57. The standard InChI is InChI=1S/C13H14BNO2S/c1-13(2,3)17-12(16)15-11-6-8-4-5-9(14)7-10(8)18-11/h4-7H,1-3H3,(H,15,16). The molecule has 3 nitrogen and oxygen atoms in total. The molecule has 2 rings (SSSR count). The number of benzene rings is 1. The molecule has 2 aromatic rings. The maximum absolute atomic E-state index is 11.6. The molecular weight excluding hydrogens is 245 g/mol. The van der Waals surface area contributed by atoms with E-state index >= 15 is 0 Å². The second-order valence-electron chi connectivity index (χ2n) is 5.03. The van der Waals surface area contributed by atoms with Gasteiger partial charge in [-0.15, -0.1) is 11.3 Å². The molecule has 1 amide bonds. The molecule has 0 spiro atoms. The number of rotatable bonds is 1. The fraction of sp³-hybridized carbons (Fsp3) is 0.308. The zero-order valence-electron chi connectivity index (χ0n) is 10.6. The van der Waals surface area contributed by atoms with Gasteiger partial charge >= 0.3 is 6.09 Å². The minimum Gasteiger partial charge on any atom is -0.444 e. The van der Waals surface area contributed by atoms with Gasteiger partial charge in [0, 0.05) is 4.70 Å². The second-order valence-corrected chi connectivity index (χ2v) is 6.12. The lowest BCUT2D eigenvalue weighted by Crippen LogP contribution is -2.26. The molecule has 1 N–H and O–H groups in total. The van der Waals surface area contributed by atoms with Crippen LogP contribution in [0, 0.1) is 0 Å². The van der Waals surface area contributed by atoms with E-state index in [1.54, 1.807) is 0 Å². The van der Waals surface area contributed by atoms with Crippen molar-refractivity contribution in [1.82, 2.24) is 0 Å². The Kier molecular flexibility index (Phi) is 3.35. The Morgan fingerprint density at radius 1 is 1.33 bits per heavy atom. The number of carbonyl (C=O) groups excluding carboxylic acids is 1. The Labute approximate surface area is 112 Å². The van der Waals surface area contributed by atoms with Crippen molar-refractivity contribution in [3.63, 3.8) is 0 Å². The van der Waals surface area contributed by atoms with Crippen molar-refractivity contribution in [2.24, 2.45) is 0 Å². The number of fused-ring (bicyclic) bond motifs is 1. The van der Waals surface area contributed by atoms with Gasteiger partial charge in [0.25, 0.3) is 0 Å². The Bertz CT molecular complexity index is 586. The van der Waals surface area contributed by atoms with E-state index in [0.29, 0.717) is 5.46 Å². The number of thiophene rings is 1. The van der Waals surface area contributed by atoms with Gasteiger partial charge in [-0.25, -0.2) is 4.79 Å². The van der Waals surface area contributed by atoms with Gasteiger partial charge in [-0.2, -0.15) is 0 Å². The van der Waals surface area contributed by atoms with E-state index in [-0.39, 0.29) is 0 Å². The molecule has 0 aliphatic carbocycles. The van der Waals surface area contributed by atoms with Crippen molar-refractivity contribution in [3.05, 3.63) is 24.3 Å². The van der Waals surface area contributed by atoms with E-state index in [1.807, 2.05) is 45.0 Å². The van der Waals surface area contributed by atoms with Crippen molar-refractivity contribution < 1.29 is 9.53 Å². The first-order valence-electron chi connectivity index (χ1n) is 5.62. The number of anilines is 1. The van der Waals surface area contributed by atoms with Crippen molar-refractivity contribution in [2.75, 3.05) is 5.32 Å². The monoisotopic (exact) mass is 259 g/mol. The third kappa shape index (κ3) is 3.26. The largest absolute Gasteiger partial charge is 0.444 e. The van der Waals surface area contributed by atoms with Crippen LogP contribution in [-0.2, 0) is 4.74 Å². The summed E-state index contributed by atoms with van der Waals surface area (Å²) in [4.78, 5) is 11.6. The molecule has 2 radical (unpaired) electrons. The first kappa shape index (κ1) is 13.0. The highest BCUT2D eigenvalue weighted by atomic mass is 32.1. The number of nitrogens with one attached hydrogen (secondary N) is 1. The molecule has 0 fully saturated rings. The summed E-state index contributed by atoms with van der Waals surface area (Å²) in [5.74, 6) is 0. The molecule has 0 atom stereocenters. The zero-order valence-corrected chi connectivity index (χ0v) is 11.4. The van der Waals surface area contributed by atoms with Crippen LogP contribution in [0.4, 0.5) is 9.80 Å². The van der Waals surface area contributed by atoms with Crippen molar-refractivity contribution in [3.8, 4) is 0 Å². The van der Waals surface area contributed by atoms with Gasteiger partial charge in [0.05, 0.1) is 5.00 Å². The summed E-state index contributed by atoms with van der Waals surface area (Å²) < 4.78 is 6.24. The fourth-order valence-electron chi connectivity index (χ4n) is 1.51. The highest BCUT2D eigenvalue weighted by Gasteiger charge is 2.16. The van der Waals surface area contributed by atoms with Crippen LogP contribution < -0.4 is 10.8 Å². The predicted octanol–water partition coefficient (Wildman–Crippen LogP) is 3.04. The second kappa shape index (κ2) is 4.65. The molecule has 1 aromatic heterocycles. The van der Waals surface area contributed by atoms with E-state index in [9.17, 15) is 4.79 Å². The highest BCUT2D eigenvalue weighted by molar-refractivity contribution is 7.23. The average Bonchev–Trinajstić information content (AvgIpc) is 2.55. The molecule has 0 bridgehead atoms. The van der Waals surface area contributed by atoms with Gasteiger partial charge in [0.1, 0.15) is 13.4 Å². The van der Waals surface area contributed by atoms with Gasteiger partial charge < -0.3 is 4.74 Å². The predicted molar refractivity (Wildman–Crippen MR) is 77.1 cm³/mol. The molecule has 18 heavy (non-hydrogen) atoms. The Balaban J connectivity index is 2.15. The number of amides is 1. The lowest BCUT2D eigenvalue weighted by atomic mass is 9.96.